The molecular formula is C12H24N4O. The molecule has 2 saturated heterocycles. The molecule has 1 amide bonds. The van der Waals surface area contributed by atoms with Gasteiger partial charge in [-0.25, -0.2) is 0 Å². The van der Waals surface area contributed by atoms with Crippen molar-refractivity contribution in [3.8, 4) is 0 Å². The maximum Gasteiger partial charge on any atom is 0.236 e. The van der Waals surface area contributed by atoms with Crippen LogP contribution in [0.5, 0.6) is 0 Å². The average molecular weight is 240 g/mol. The summed E-state index contributed by atoms with van der Waals surface area (Å²) in [7, 11) is 2.10. The van der Waals surface area contributed by atoms with Crippen molar-refractivity contribution in [1.29, 1.82) is 0 Å². The van der Waals surface area contributed by atoms with Crippen LogP contribution in [0.1, 0.15) is 13.3 Å². The number of amides is 1. The van der Waals surface area contributed by atoms with E-state index in [4.69, 9.17) is 5.73 Å². The molecule has 17 heavy (non-hydrogen) atoms. The monoisotopic (exact) mass is 240 g/mol. The number of carbonyl (C=O) groups excluding carboxylic acids is 1. The molecule has 0 bridgehead atoms. The van der Waals surface area contributed by atoms with Crippen LogP contribution in [0.2, 0.25) is 0 Å². The van der Waals surface area contributed by atoms with E-state index < -0.39 is 0 Å². The summed E-state index contributed by atoms with van der Waals surface area (Å²) in [6.45, 7) is 8.09. The Morgan fingerprint density at radius 1 is 1.24 bits per heavy atom. The molecule has 0 aromatic carbocycles. The van der Waals surface area contributed by atoms with Crippen molar-refractivity contribution >= 4 is 5.91 Å². The predicted octanol–water partition coefficient (Wildman–Crippen LogP) is -0.816. The van der Waals surface area contributed by atoms with Crippen molar-refractivity contribution < 1.29 is 4.79 Å². The van der Waals surface area contributed by atoms with Crippen LogP contribution < -0.4 is 5.73 Å². The van der Waals surface area contributed by atoms with Crippen LogP contribution in [0, 0.1) is 0 Å². The average Bonchev–Trinajstić information content (AvgIpc) is 2.27. The molecule has 0 aliphatic carbocycles. The van der Waals surface area contributed by atoms with Crippen molar-refractivity contribution in [2.24, 2.45) is 5.73 Å². The number of nitrogens with zero attached hydrogens (tertiary/aromatic N) is 3. The van der Waals surface area contributed by atoms with E-state index >= 15 is 0 Å². The summed E-state index contributed by atoms with van der Waals surface area (Å²) < 4.78 is 0. The van der Waals surface area contributed by atoms with Crippen LogP contribution in [0.4, 0.5) is 0 Å². The second kappa shape index (κ2) is 4.92. The third kappa shape index (κ3) is 2.97. The SMILES string of the molecule is CCC1(N)CN(CC(=O)N2CCN(C)CC2)C1. The van der Waals surface area contributed by atoms with Gasteiger partial charge in [0.1, 0.15) is 0 Å². The second-order valence-corrected chi connectivity index (χ2v) is 5.55. The zero-order valence-electron chi connectivity index (χ0n) is 11.0. The molecule has 2 aliphatic rings. The van der Waals surface area contributed by atoms with E-state index in [0.29, 0.717) is 6.54 Å². The minimum Gasteiger partial charge on any atom is -0.339 e. The fraction of sp³-hybridized carbons (Fsp3) is 0.917. The minimum atomic E-state index is -0.0393. The van der Waals surface area contributed by atoms with Crippen LogP contribution in [-0.2, 0) is 4.79 Å². The number of rotatable bonds is 3. The first-order chi connectivity index (χ1) is 8.02. The first-order valence-corrected chi connectivity index (χ1v) is 6.50. The molecule has 0 saturated carbocycles. The van der Waals surface area contributed by atoms with Gasteiger partial charge in [0.05, 0.1) is 6.54 Å². The Kier molecular flexibility index (Phi) is 3.70. The second-order valence-electron chi connectivity index (χ2n) is 5.55. The molecule has 0 unspecified atom stereocenters. The van der Waals surface area contributed by atoms with E-state index in [1.807, 2.05) is 4.90 Å². The van der Waals surface area contributed by atoms with Crippen molar-refractivity contribution in [1.82, 2.24) is 14.7 Å². The summed E-state index contributed by atoms with van der Waals surface area (Å²) in [5, 5.41) is 0. The Morgan fingerprint density at radius 3 is 2.35 bits per heavy atom. The summed E-state index contributed by atoms with van der Waals surface area (Å²) in [4.78, 5) is 18.4. The van der Waals surface area contributed by atoms with Gasteiger partial charge < -0.3 is 15.5 Å². The third-order valence-electron chi connectivity index (χ3n) is 4.00. The Balaban J connectivity index is 1.72. The van der Waals surface area contributed by atoms with E-state index in [1.165, 1.54) is 0 Å². The van der Waals surface area contributed by atoms with Crippen LogP contribution in [0.15, 0.2) is 0 Å². The van der Waals surface area contributed by atoms with Crippen molar-refractivity contribution in [2.45, 2.75) is 18.9 Å². The van der Waals surface area contributed by atoms with E-state index in [2.05, 4.69) is 23.8 Å². The summed E-state index contributed by atoms with van der Waals surface area (Å²) in [5.41, 5.74) is 6.05. The molecule has 2 rings (SSSR count). The molecule has 0 radical (unpaired) electrons. The number of hydrogen-bond acceptors (Lipinski definition) is 4. The first kappa shape index (κ1) is 12.8. The fourth-order valence-electron chi connectivity index (χ4n) is 2.53. The highest BCUT2D eigenvalue weighted by molar-refractivity contribution is 5.78. The minimum absolute atomic E-state index is 0.0393. The Bertz CT molecular complexity index is 280. The lowest BCUT2D eigenvalue weighted by atomic mass is 9.88. The molecule has 2 fully saturated rings. The zero-order valence-corrected chi connectivity index (χ0v) is 11.0. The molecule has 2 N–H and O–H groups in total. The fourth-order valence-corrected chi connectivity index (χ4v) is 2.53. The number of hydrogen-bond donors (Lipinski definition) is 1. The smallest absolute Gasteiger partial charge is 0.236 e. The molecule has 0 spiro atoms. The molecule has 2 heterocycles. The van der Waals surface area contributed by atoms with Gasteiger partial charge in [0.25, 0.3) is 0 Å². The van der Waals surface area contributed by atoms with Crippen molar-refractivity contribution in [2.75, 3.05) is 52.9 Å². The van der Waals surface area contributed by atoms with Crippen LogP contribution in [-0.4, -0.2) is 79.0 Å². The number of likely N-dealkylation sites (tertiary alicyclic amines) is 1. The Morgan fingerprint density at radius 2 is 1.82 bits per heavy atom. The number of nitrogens with two attached hydrogens (primary N) is 1. The molecule has 0 atom stereocenters. The lowest BCUT2D eigenvalue weighted by Crippen LogP contribution is -2.68. The van der Waals surface area contributed by atoms with Gasteiger partial charge in [-0.1, -0.05) is 6.92 Å². The summed E-state index contributed by atoms with van der Waals surface area (Å²) in [6, 6.07) is 0. The third-order valence-corrected chi connectivity index (χ3v) is 4.00. The maximum atomic E-state index is 12.0. The number of carbonyl (C=O) groups is 1. The quantitative estimate of drug-likeness (QED) is 0.700. The summed E-state index contributed by atoms with van der Waals surface area (Å²) in [6.07, 6.45) is 0.992. The molecule has 5 heteroatoms. The van der Waals surface area contributed by atoms with Gasteiger partial charge in [0.2, 0.25) is 5.91 Å². The van der Waals surface area contributed by atoms with Crippen LogP contribution >= 0.6 is 0 Å². The zero-order chi connectivity index (χ0) is 12.5. The largest absolute Gasteiger partial charge is 0.339 e. The Labute approximate surface area is 104 Å². The maximum absolute atomic E-state index is 12.0. The number of piperazine rings is 1. The van der Waals surface area contributed by atoms with Crippen LogP contribution in [0.3, 0.4) is 0 Å². The molecule has 5 nitrogen and oxygen atoms in total. The normalized spacial score (nSPS) is 25.7. The Hall–Kier alpha value is -0.650. The van der Waals surface area contributed by atoms with E-state index in [-0.39, 0.29) is 11.4 Å². The number of likely N-dealkylation sites (N-methyl/N-ethyl adjacent to an activating group) is 1. The van der Waals surface area contributed by atoms with E-state index in [9.17, 15) is 4.79 Å². The molecular weight excluding hydrogens is 216 g/mol. The van der Waals surface area contributed by atoms with Gasteiger partial charge in [-0.15, -0.1) is 0 Å². The van der Waals surface area contributed by atoms with Gasteiger partial charge in [-0.3, -0.25) is 9.69 Å². The van der Waals surface area contributed by atoms with Gasteiger partial charge in [-0.2, -0.15) is 0 Å². The van der Waals surface area contributed by atoms with Crippen LogP contribution in [0.25, 0.3) is 0 Å². The van der Waals surface area contributed by atoms with Crippen molar-refractivity contribution in [3.63, 3.8) is 0 Å². The topological polar surface area (TPSA) is 52.8 Å². The lowest BCUT2D eigenvalue weighted by molar-refractivity contribution is -0.135. The molecule has 98 valence electrons. The lowest BCUT2D eigenvalue weighted by Gasteiger charge is -2.47. The van der Waals surface area contributed by atoms with Gasteiger partial charge in [-0.05, 0) is 13.5 Å². The highest BCUT2D eigenvalue weighted by Gasteiger charge is 2.38. The first-order valence-electron chi connectivity index (χ1n) is 6.50. The molecule has 0 aromatic rings. The van der Waals surface area contributed by atoms with Gasteiger partial charge in [0.15, 0.2) is 0 Å². The van der Waals surface area contributed by atoms with E-state index in [0.717, 1.165) is 45.7 Å². The highest BCUT2D eigenvalue weighted by Crippen LogP contribution is 2.21. The molecule has 0 aromatic heterocycles. The summed E-state index contributed by atoms with van der Waals surface area (Å²) >= 11 is 0. The van der Waals surface area contributed by atoms with Crippen molar-refractivity contribution in [3.05, 3.63) is 0 Å². The van der Waals surface area contributed by atoms with E-state index in [1.54, 1.807) is 0 Å². The summed E-state index contributed by atoms with van der Waals surface area (Å²) in [5.74, 6) is 0.260. The predicted molar refractivity (Wildman–Crippen MR) is 67.7 cm³/mol. The molecule has 2 aliphatic heterocycles. The standard InChI is InChI=1S/C12H24N4O/c1-3-12(13)9-15(10-12)8-11(17)16-6-4-14(2)5-7-16/h3-10,13H2,1-2H3. The van der Waals surface area contributed by atoms with Gasteiger partial charge in [0, 0.05) is 44.8 Å². The van der Waals surface area contributed by atoms with Gasteiger partial charge >= 0.3 is 0 Å². The highest BCUT2D eigenvalue weighted by atomic mass is 16.2.